The molecule has 0 radical (unpaired) electrons. The molecule has 2 heterocycles. The summed E-state index contributed by atoms with van der Waals surface area (Å²) in [5.41, 5.74) is 0.306. The van der Waals surface area contributed by atoms with Gasteiger partial charge in [0.1, 0.15) is 0 Å². The van der Waals surface area contributed by atoms with Crippen molar-refractivity contribution in [1.82, 2.24) is 10.1 Å². The Balaban J connectivity index is 2.08. The predicted molar refractivity (Wildman–Crippen MR) is 66.1 cm³/mol. The van der Waals surface area contributed by atoms with Gasteiger partial charge in [0.2, 0.25) is 5.76 Å². The van der Waals surface area contributed by atoms with Gasteiger partial charge in [-0.2, -0.15) is 0 Å². The normalized spacial score (nSPS) is 10.6. The van der Waals surface area contributed by atoms with Gasteiger partial charge in [-0.15, -0.1) is 0 Å². The van der Waals surface area contributed by atoms with Crippen LogP contribution in [0.1, 0.15) is 30.3 Å². The van der Waals surface area contributed by atoms with Crippen LogP contribution in [0.15, 0.2) is 33.4 Å². The van der Waals surface area contributed by atoms with Gasteiger partial charge in [-0.05, 0) is 18.6 Å². The van der Waals surface area contributed by atoms with Crippen LogP contribution in [0.3, 0.4) is 0 Å². The third-order valence-corrected chi connectivity index (χ3v) is 2.69. The van der Waals surface area contributed by atoms with Crippen LogP contribution in [0, 0.1) is 0 Å². The van der Waals surface area contributed by atoms with Gasteiger partial charge in [-0.1, -0.05) is 18.5 Å². The van der Waals surface area contributed by atoms with Crippen molar-refractivity contribution < 1.29 is 13.7 Å². The second-order valence-corrected chi connectivity index (χ2v) is 4.13. The fourth-order valence-corrected chi connectivity index (χ4v) is 1.60. The minimum atomic E-state index is -0.134. The van der Waals surface area contributed by atoms with E-state index in [1.165, 1.54) is 0 Å². The Bertz CT molecular complexity index is 502. The summed E-state index contributed by atoms with van der Waals surface area (Å²) in [4.78, 5) is 13.7. The number of carbonyl (C=O) groups is 1. The van der Waals surface area contributed by atoms with Gasteiger partial charge < -0.3 is 13.8 Å². The Hall–Kier alpha value is -2.04. The zero-order chi connectivity index (χ0) is 13.0. The molecule has 0 aliphatic carbocycles. The molecule has 0 bridgehead atoms. The molecule has 0 N–H and O–H groups in total. The van der Waals surface area contributed by atoms with Crippen LogP contribution >= 0.6 is 0 Å². The molecule has 0 atom stereocenters. The van der Waals surface area contributed by atoms with Crippen LogP contribution in [0.2, 0.25) is 0 Å². The summed E-state index contributed by atoms with van der Waals surface area (Å²) < 4.78 is 10.3. The van der Waals surface area contributed by atoms with E-state index >= 15 is 0 Å². The van der Waals surface area contributed by atoms with Gasteiger partial charge in [0, 0.05) is 19.7 Å². The van der Waals surface area contributed by atoms with Gasteiger partial charge >= 0.3 is 0 Å². The number of furan rings is 1. The average molecular weight is 248 g/mol. The van der Waals surface area contributed by atoms with Crippen molar-refractivity contribution in [1.29, 1.82) is 0 Å². The monoisotopic (exact) mass is 248 g/mol. The minimum Gasteiger partial charge on any atom is -0.461 e. The maximum Gasteiger partial charge on any atom is 0.275 e. The van der Waals surface area contributed by atoms with E-state index in [1.54, 1.807) is 36.4 Å². The van der Waals surface area contributed by atoms with Gasteiger partial charge in [0.25, 0.3) is 5.91 Å². The van der Waals surface area contributed by atoms with Crippen LogP contribution in [-0.2, 0) is 0 Å². The number of unbranched alkanes of at least 4 members (excludes halogenated alkanes) is 1. The number of hydrogen-bond acceptors (Lipinski definition) is 4. The largest absolute Gasteiger partial charge is 0.461 e. The molecule has 5 nitrogen and oxygen atoms in total. The molecule has 0 spiro atoms. The first-order valence-electron chi connectivity index (χ1n) is 5.98. The first-order chi connectivity index (χ1) is 8.72. The zero-order valence-electron chi connectivity index (χ0n) is 10.5. The number of rotatable bonds is 5. The molecule has 0 aromatic carbocycles. The lowest BCUT2D eigenvalue weighted by Crippen LogP contribution is -2.27. The highest BCUT2D eigenvalue weighted by Crippen LogP contribution is 2.20. The molecule has 2 rings (SSSR count). The van der Waals surface area contributed by atoms with Crippen LogP contribution in [0.25, 0.3) is 11.5 Å². The van der Waals surface area contributed by atoms with E-state index in [0.717, 1.165) is 19.4 Å². The molecular weight excluding hydrogens is 232 g/mol. The summed E-state index contributed by atoms with van der Waals surface area (Å²) in [6, 6.07) is 5.12. The van der Waals surface area contributed by atoms with Gasteiger partial charge in [-0.25, -0.2) is 0 Å². The Morgan fingerprint density at radius 1 is 1.44 bits per heavy atom. The summed E-state index contributed by atoms with van der Waals surface area (Å²) in [7, 11) is 1.76. The Kier molecular flexibility index (Phi) is 3.82. The smallest absolute Gasteiger partial charge is 0.275 e. The van der Waals surface area contributed by atoms with E-state index in [9.17, 15) is 4.79 Å². The summed E-state index contributed by atoms with van der Waals surface area (Å²) >= 11 is 0. The van der Waals surface area contributed by atoms with Gasteiger partial charge in [-0.3, -0.25) is 4.79 Å². The maximum absolute atomic E-state index is 12.0. The highest BCUT2D eigenvalue weighted by molar-refractivity contribution is 5.92. The Morgan fingerprint density at radius 3 is 2.94 bits per heavy atom. The molecule has 96 valence electrons. The van der Waals surface area contributed by atoms with Crippen molar-refractivity contribution in [2.75, 3.05) is 13.6 Å². The highest BCUT2D eigenvalue weighted by Gasteiger charge is 2.18. The van der Waals surface area contributed by atoms with Gasteiger partial charge in [0.05, 0.1) is 6.26 Å². The minimum absolute atomic E-state index is 0.134. The number of hydrogen-bond donors (Lipinski definition) is 0. The molecule has 1 amide bonds. The molecule has 0 unspecified atom stereocenters. The molecular formula is C13H16N2O3. The number of nitrogens with zero attached hydrogens (tertiary/aromatic N) is 2. The van der Waals surface area contributed by atoms with Crippen LogP contribution < -0.4 is 0 Å². The Morgan fingerprint density at radius 2 is 2.28 bits per heavy atom. The fraction of sp³-hybridized carbons (Fsp3) is 0.385. The van der Waals surface area contributed by atoms with Crippen molar-refractivity contribution in [3.05, 3.63) is 30.2 Å². The van der Waals surface area contributed by atoms with Crippen molar-refractivity contribution in [3.63, 3.8) is 0 Å². The SMILES string of the molecule is CCCCN(C)C(=O)c1cc(-c2ccco2)on1. The van der Waals surface area contributed by atoms with E-state index in [4.69, 9.17) is 8.94 Å². The number of aromatic nitrogens is 1. The Labute approximate surface area is 105 Å². The lowest BCUT2D eigenvalue weighted by Gasteiger charge is -2.14. The lowest BCUT2D eigenvalue weighted by atomic mass is 10.2. The van der Waals surface area contributed by atoms with Crippen LogP contribution in [0.4, 0.5) is 0 Å². The summed E-state index contributed by atoms with van der Waals surface area (Å²) in [6.45, 7) is 2.81. The van der Waals surface area contributed by atoms with Crippen LogP contribution in [0.5, 0.6) is 0 Å². The van der Waals surface area contributed by atoms with E-state index in [2.05, 4.69) is 12.1 Å². The van der Waals surface area contributed by atoms with E-state index in [0.29, 0.717) is 17.2 Å². The van der Waals surface area contributed by atoms with E-state index < -0.39 is 0 Å². The maximum atomic E-state index is 12.0. The number of amides is 1. The quantitative estimate of drug-likeness (QED) is 0.816. The molecule has 2 aromatic heterocycles. The van der Waals surface area contributed by atoms with E-state index in [-0.39, 0.29) is 5.91 Å². The zero-order valence-corrected chi connectivity index (χ0v) is 10.5. The van der Waals surface area contributed by atoms with Crippen LogP contribution in [-0.4, -0.2) is 29.6 Å². The van der Waals surface area contributed by atoms with Crippen molar-refractivity contribution in [3.8, 4) is 11.5 Å². The van der Waals surface area contributed by atoms with E-state index in [1.807, 2.05) is 0 Å². The summed E-state index contributed by atoms with van der Waals surface area (Å²) in [5, 5.41) is 3.78. The second kappa shape index (κ2) is 5.53. The first-order valence-corrected chi connectivity index (χ1v) is 5.98. The summed E-state index contributed by atoms with van der Waals surface area (Å²) in [5.74, 6) is 0.898. The first kappa shape index (κ1) is 12.4. The fourth-order valence-electron chi connectivity index (χ4n) is 1.60. The third-order valence-electron chi connectivity index (χ3n) is 2.69. The number of carbonyl (C=O) groups excluding carboxylic acids is 1. The summed E-state index contributed by atoms with van der Waals surface area (Å²) in [6.07, 6.45) is 3.58. The second-order valence-electron chi connectivity index (χ2n) is 4.13. The van der Waals surface area contributed by atoms with Crippen molar-refractivity contribution in [2.45, 2.75) is 19.8 Å². The van der Waals surface area contributed by atoms with Crippen molar-refractivity contribution in [2.24, 2.45) is 0 Å². The third kappa shape index (κ3) is 2.61. The predicted octanol–water partition coefficient (Wildman–Crippen LogP) is 2.81. The highest BCUT2D eigenvalue weighted by atomic mass is 16.5. The standard InChI is InChI=1S/C13H16N2O3/c1-3-4-7-15(2)13(16)10-9-12(18-14-10)11-6-5-8-17-11/h5-6,8-9H,3-4,7H2,1-2H3. The molecule has 0 saturated heterocycles. The van der Waals surface area contributed by atoms with Crippen molar-refractivity contribution >= 4 is 5.91 Å². The molecule has 18 heavy (non-hydrogen) atoms. The molecule has 2 aromatic rings. The molecule has 0 saturated carbocycles. The molecule has 0 aliphatic heterocycles. The topological polar surface area (TPSA) is 59.5 Å². The molecule has 5 heteroatoms. The average Bonchev–Trinajstić information content (AvgIpc) is 3.04. The molecule has 0 fully saturated rings. The van der Waals surface area contributed by atoms with Gasteiger partial charge in [0.15, 0.2) is 11.5 Å². The lowest BCUT2D eigenvalue weighted by molar-refractivity contribution is 0.0783. The molecule has 0 aliphatic rings.